The highest BCUT2D eigenvalue weighted by Gasteiger charge is 2.16. The maximum Gasteiger partial charge on any atom is 0.335 e. The van der Waals surface area contributed by atoms with Crippen LogP contribution in [0.1, 0.15) is 88.7 Å². The van der Waals surface area contributed by atoms with Crippen LogP contribution in [-0.2, 0) is 39.6 Å². The second-order valence-electron chi connectivity index (χ2n) is 21.3. The zero-order valence-corrected chi connectivity index (χ0v) is 53.8. The Hall–Kier alpha value is -10.6. The molecule has 0 unspecified atom stereocenters. The third-order valence-electron chi connectivity index (χ3n) is 13.6. The van der Waals surface area contributed by atoms with E-state index in [1.807, 2.05) is 97.1 Å². The standard InChI is InChI=1S/C78H86O16/c1-9-16-23-82-65-31-57(30-64(44-65)81-8)51-89-72-38-61(39-73(48-72)90-52-58-32-66(83-24-17-10-2)45-67(33-58)84-25-18-11-3)55-93-76-42-63(78(79)80)43-77(50-76)94-56-62-40-74(91-53-59-34-68(85-26-19-12-4)46-69(35-59)86-27-20-13-5)49-75(41-62)92-54-60-36-70(87-28-21-14-6)47-71(37-60)88-29-22-15-7/h9-15,30-50H,1-7,16-29,51-56H2,8H3,(H,79,80). The summed E-state index contributed by atoms with van der Waals surface area (Å²) in [5.41, 5.74) is 4.44. The van der Waals surface area contributed by atoms with E-state index >= 15 is 0 Å². The van der Waals surface area contributed by atoms with E-state index in [0.717, 1.165) is 22.3 Å². The van der Waals surface area contributed by atoms with Gasteiger partial charge in [-0.1, -0.05) is 42.5 Å². The lowest BCUT2D eigenvalue weighted by Gasteiger charge is -2.16. The summed E-state index contributed by atoms with van der Waals surface area (Å²) in [6, 6.07) is 38.0. The molecule has 16 nitrogen and oxygen atoms in total. The number of ether oxygens (including phenoxy) is 14. The minimum Gasteiger partial charge on any atom is -0.497 e. The van der Waals surface area contributed by atoms with Gasteiger partial charge in [0.15, 0.2) is 0 Å². The second-order valence-corrected chi connectivity index (χ2v) is 21.3. The fourth-order valence-corrected chi connectivity index (χ4v) is 9.00. The van der Waals surface area contributed by atoms with Crippen molar-refractivity contribution in [1.82, 2.24) is 0 Å². The summed E-state index contributed by atoms with van der Waals surface area (Å²) < 4.78 is 86.7. The van der Waals surface area contributed by atoms with E-state index in [1.54, 1.807) is 67.8 Å². The molecule has 0 amide bonds. The van der Waals surface area contributed by atoms with Gasteiger partial charge in [0, 0.05) is 42.5 Å². The molecule has 16 heteroatoms. The molecule has 0 saturated heterocycles. The molecule has 0 atom stereocenters. The number of carboxylic acid groups (broad SMARTS) is 1. The minimum absolute atomic E-state index is 0.0247. The summed E-state index contributed by atoms with van der Waals surface area (Å²) in [5, 5.41) is 10.4. The Bertz CT molecular complexity index is 3410. The van der Waals surface area contributed by atoms with Crippen molar-refractivity contribution in [3.8, 4) is 80.5 Å². The topological polar surface area (TPSA) is 167 Å². The zero-order valence-electron chi connectivity index (χ0n) is 53.8. The number of hydrogen-bond acceptors (Lipinski definition) is 15. The largest absolute Gasteiger partial charge is 0.497 e. The van der Waals surface area contributed by atoms with Crippen LogP contribution in [0.2, 0.25) is 0 Å². The van der Waals surface area contributed by atoms with E-state index in [0.29, 0.717) is 171 Å². The van der Waals surface area contributed by atoms with E-state index in [4.69, 9.17) is 66.3 Å². The molecule has 1 N–H and O–H groups in total. The molecule has 494 valence electrons. The molecule has 0 fully saturated rings. The fourth-order valence-electron chi connectivity index (χ4n) is 9.00. The Balaban J connectivity index is 1.16. The predicted octanol–water partition coefficient (Wildman–Crippen LogP) is 17.6. The molecule has 0 aliphatic rings. The molecule has 94 heavy (non-hydrogen) atoms. The van der Waals surface area contributed by atoms with Gasteiger partial charge in [0.05, 0.1) is 58.9 Å². The quantitative estimate of drug-likeness (QED) is 0.0282. The summed E-state index contributed by atoms with van der Waals surface area (Å²) in [4.78, 5) is 12.8. The molecule has 7 aromatic carbocycles. The first-order valence-corrected chi connectivity index (χ1v) is 31.2. The SMILES string of the molecule is C=CCCOc1cc(COc2cc(COc3cc(OCc4cc(OCc5cc(OCCC=C)cc(OCCC=C)c5)cc(OCc5cc(OCCC=C)cc(OCCC=C)c5)c4)cc(C(=O)O)c3)cc(OCc3cc(OCCC=C)cc(OCCC=C)c3)c2)cc(OC)c1. The van der Waals surface area contributed by atoms with E-state index in [-0.39, 0.29) is 56.7 Å². The molecular weight excluding hydrogens is 1190 g/mol. The van der Waals surface area contributed by atoms with Gasteiger partial charge in [0.1, 0.15) is 120 Å². The van der Waals surface area contributed by atoms with Gasteiger partial charge in [-0.2, -0.15) is 0 Å². The minimum atomic E-state index is -1.18. The van der Waals surface area contributed by atoms with Crippen LogP contribution in [0.3, 0.4) is 0 Å². The first kappa shape index (κ1) is 70.8. The Morgan fingerprint density at radius 2 is 0.426 bits per heavy atom. The Morgan fingerprint density at radius 3 is 0.596 bits per heavy atom. The van der Waals surface area contributed by atoms with Crippen molar-refractivity contribution < 1.29 is 76.2 Å². The molecule has 0 heterocycles. The summed E-state index contributed by atoms with van der Waals surface area (Å²) in [6.07, 6.45) is 17.3. The van der Waals surface area contributed by atoms with Gasteiger partial charge in [0.2, 0.25) is 0 Å². The van der Waals surface area contributed by atoms with Gasteiger partial charge >= 0.3 is 5.97 Å². The first-order chi connectivity index (χ1) is 46.0. The molecular formula is C78H86O16. The molecule has 0 radical (unpaired) electrons. The van der Waals surface area contributed by atoms with Crippen LogP contribution in [0.5, 0.6) is 80.5 Å². The molecule has 0 aliphatic heterocycles. The van der Waals surface area contributed by atoms with E-state index in [1.165, 1.54) is 12.1 Å². The number of rotatable bonds is 48. The van der Waals surface area contributed by atoms with Crippen LogP contribution in [0.15, 0.2) is 216 Å². The average molecular weight is 1280 g/mol. The van der Waals surface area contributed by atoms with Crippen molar-refractivity contribution in [1.29, 1.82) is 0 Å². The van der Waals surface area contributed by atoms with Crippen LogP contribution in [-0.4, -0.2) is 64.4 Å². The number of carboxylic acids is 1. The van der Waals surface area contributed by atoms with Crippen molar-refractivity contribution in [2.45, 2.75) is 84.6 Å². The highest BCUT2D eigenvalue weighted by molar-refractivity contribution is 5.88. The third kappa shape index (κ3) is 25.2. The van der Waals surface area contributed by atoms with Crippen molar-refractivity contribution in [3.63, 3.8) is 0 Å². The van der Waals surface area contributed by atoms with Crippen LogP contribution in [0.25, 0.3) is 0 Å². The van der Waals surface area contributed by atoms with Gasteiger partial charge in [-0.25, -0.2) is 4.79 Å². The van der Waals surface area contributed by atoms with Crippen molar-refractivity contribution in [2.75, 3.05) is 53.4 Å². The normalized spacial score (nSPS) is 10.6. The Morgan fingerprint density at radius 1 is 0.266 bits per heavy atom. The third-order valence-corrected chi connectivity index (χ3v) is 13.6. The highest BCUT2D eigenvalue weighted by atomic mass is 16.5. The molecule has 0 saturated carbocycles. The lowest BCUT2D eigenvalue weighted by molar-refractivity contribution is 0.0695. The lowest BCUT2D eigenvalue weighted by atomic mass is 10.1. The smallest absolute Gasteiger partial charge is 0.335 e. The van der Waals surface area contributed by atoms with Crippen molar-refractivity contribution in [3.05, 3.63) is 255 Å². The highest BCUT2D eigenvalue weighted by Crippen LogP contribution is 2.34. The van der Waals surface area contributed by atoms with Crippen molar-refractivity contribution >= 4 is 5.97 Å². The first-order valence-electron chi connectivity index (χ1n) is 31.2. The number of methoxy groups -OCH3 is 1. The maximum atomic E-state index is 12.8. The predicted molar refractivity (Wildman–Crippen MR) is 367 cm³/mol. The summed E-state index contributed by atoms with van der Waals surface area (Å²) in [7, 11) is 1.59. The van der Waals surface area contributed by atoms with Gasteiger partial charge in [-0.3, -0.25) is 0 Å². The van der Waals surface area contributed by atoms with E-state index in [9.17, 15) is 9.90 Å². The second kappa shape index (κ2) is 39.6. The van der Waals surface area contributed by atoms with Gasteiger partial charge < -0.3 is 71.4 Å². The molecule has 0 aromatic heterocycles. The van der Waals surface area contributed by atoms with Crippen LogP contribution >= 0.6 is 0 Å². The van der Waals surface area contributed by atoms with Crippen LogP contribution in [0, 0.1) is 0 Å². The zero-order chi connectivity index (χ0) is 66.5. The maximum absolute atomic E-state index is 12.8. The number of benzene rings is 7. The number of carbonyl (C=O) groups is 1. The lowest BCUT2D eigenvalue weighted by Crippen LogP contribution is -2.05. The molecule has 7 rings (SSSR count). The molecule has 7 aromatic rings. The Kier molecular flexibility index (Phi) is 29.8. The summed E-state index contributed by atoms with van der Waals surface area (Å²) in [6.45, 7) is 30.3. The van der Waals surface area contributed by atoms with Gasteiger partial charge in [-0.05, 0) is 163 Å². The fraction of sp³-hybridized carbons (Fsp3) is 0.269. The summed E-state index contributed by atoms with van der Waals surface area (Å²) in [5.74, 6) is 6.15. The number of aromatic carboxylic acids is 1. The average Bonchev–Trinajstić information content (AvgIpc) is 1.14. The van der Waals surface area contributed by atoms with Crippen LogP contribution in [0.4, 0.5) is 0 Å². The van der Waals surface area contributed by atoms with E-state index in [2.05, 4.69) is 46.1 Å². The Labute approximate surface area is 553 Å². The van der Waals surface area contributed by atoms with Gasteiger partial charge in [-0.15, -0.1) is 46.1 Å². The number of hydrogen-bond donors (Lipinski definition) is 1. The van der Waals surface area contributed by atoms with E-state index < -0.39 is 5.97 Å². The monoisotopic (exact) mass is 1280 g/mol. The van der Waals surface area contributed by atoms with Crippen LogP contribution < -0.4 is 66.3 Å². The summed E-state index contributed by atoms with van der Waals surface area (Å²) >= 11 is 0. The van der Waals surface area contributed by atoms with Crippen molar-refractivity contribution in [2.24, 2.45) is 0 Å². The molecule has 0 aliphatic carbocycles. The molecule has 0 spiro atoms. The molecule has 0 bridgehead atoms. The van der Waals surface area contributed by atoms with Gasteiger partial charge in [0.25, 0.3) is 0 Å².